The van der Waals surface area contributed by atoms with Crippen LogP contribution in [0, 0.1) is 0 Å². The Labute approximate surface area is 274 Å². The van der Waals surface area contributed by atoms with Crippen LogP contribution >= 0.6 is 0 Å². The van der Waals surface area contributed by atoms with Crippen LogP contribution in [0.1, 0.15) is 0 Å². The van der Waals surface area contributed by atoms with Crippen LogP contribution in [-0.4, -0.2) is 39.9 Å². The van der Waals surface area contributed by atoms with E-state index in [0.717, 1.165) is 43.8 Å². The number of nitrogens with one attached hydrogen (secondary N) is 2. The second-order valence-electron chi connectivity index (χ2n) is 9.79. The minimum Gasteiger partial charge on any atom is -0.324 e. The molecule has 2 aliphatic heterocycles. The van der Waals surface area contributed by atoms with Crippen LogP contribution in [-0.2, 0) is 49.8 Å². The molecule has 9 rings (SSSR count). The molecule has 0 atom stereocenters. The molecule has 2 aliphatic rings. The Kier molecular flexibility index (Phi) is 6.56. The van der Waals surface area contributed by atoms with Crippen LogP contribution in [0.5, 0.6) is 0 Å². The molecule has 0 saturated heterocycles. The van der Waals surface area contributed by atoms with Crippen molar-refractivity contribution in [2.45, 2.75) is 0 Å². The Hall–Kier alpha value is -4.14. The standard InChI is InChI=1S/C32H18N8.Mn.Y/c1-2-10-18-17(9-1)25-33-26(18)38-28-21-13-5-6-14-22(21)30(35-28)40-32-24-16-8-7-15-23(24)31(36-32)39-29-20-12-4-3-11-19(20)27(34-29)37-25;;/h1-16H,(H2,33,34,35,36,37,38,39,40);;. The van der Waals surface area contributed by atoms with E-state index in [1.807, 2.05) is 97.1 Å². The fourth-order valence-electron chi connectivity index (χ4n) is 5.59. The van der Waals surface area contributed by atoms with Gasteiger partial charge in [0, 0.05) is 93.6 Å². The van der Waals surface area contributed by atoms with Crippen molar-refractivity contribution in [1.29, 1.82) is 0 Å². The summed E-state index contributed by atoms with van der Waals surface area (Å²) in [6.07, 6.45) is 0. The SMILES string of the molecule is [Mn].[Y].c1ccc2c(c1)-c1nc-2nc2[nH]c(nc3nc(nc4[nH]c(n1)c1ccccc41)-c1ccccc1-3)c1ccccc21. The molecule has 8 nitrogen and oxygen atoms in total. The van der Waals surface area contributed by atoms with Gasteiger partial charge in [-0.25, -0.2) is 29.9 Å². The third-order valence-electron chi connectivity index (χ3n) is 7.46. The van der Waals surface area contributed by atoms with Crippen LogP contribution in [0.25, 0.3) is 89.7 Å². The summed E-state index contributed by atoms with van der Waals surface area (Å²) >= 11 is 0. The number of hydrogen-bond donors (Lipinski definition) is 2. The van der Waals surface area contributed by atoms with Gasteiger partial charge in [-0.15, -0.1) is 0 Å². The van der Waals surface area contributed by atoms with Gasteiger partial charge in [-0.1, -0.05) is 97.1 Å². The molecule has 5 heterocycles. The largest absolute Gasteiger partial charge is 0.324 e. The molecule has 0 spiro atoms. The molecule has 8 bridgehead atoms. The summed E-state index contributed by atoms with van der Waals surface area (Å²) in [4.78, 5) is 36.8. The first-order valence-electron chi connectivity index (χ1n) is 13.0. The van der Waals surface area contributed by atoms with Gasteiger partial charge in [0.05, 0.1) is 0 Å². The predicted molar refractivity (Wildman–Crippen MR) is 156 cm³/mol. The number of aromatic nitrogens is 8. The van der Waals surface area contributed by atoms with Crippen molar-refractivity contribution in [2.24, 2.45) is 0 Å². The zero-order chi connectivity index (χ0) is 26.2. The summed E-state index contributed by atoms with van der Waals surface area (Å²) < 4.78 is 0. The molecule has 3 aromatic heterocycles. The second-order valence-corrected chi connectivity index (χ2v) is 9.79. The average molecular weight is 658 g/mol. The van der Waals surface area contributed by atoms with Crippen molar-refractivity contribution in [3.63, 3.8) is 0 Å². The summed E-state index contributed by atoms with van der Waals surface area (Å²) in [5.41, 5.74) is 6.45. The first-order valence-corrected chi connectivity index (χ1v) is 13.0. The first kappa shape index (κ1) is 26.7. The number of hydrogen-bond acceptors (Lipinski definition) is 6. The van der Waals surface area contributed by atoms with Gasteiger partial charge in [-0.3, -0.25) is 0 Å². The van der Waals surface area contributed by atoms with Gasteiger partial charge in [-0.2, -0.15) is 0 Å². The molecule has 0 amide bonds. The monoisotopic (exact) mass is 658 g/mol. The number of rotatable bonds is 0. The smallest absolute Gasteiger partial charge is 0.164 e. The maximum Gasteiger partial charge on any atom is 0.164 e. The molecule has 2 radical (unpaired) electrons. The van der Waals surface area contributed by atoms with Crippen LogP contribution < -0.4 is 0 Å². The molecular formula is C32H18MnN8Y. The van der Waals surface area contributed by atoms with E-state index in [1.165, 1.54) is 0 Å². The second kappa shape index (κ2) is 10.3. The Morgan fingerprint density at radius 2 is 0.571 bits per heavy atom. The zero-order valence-corrected chi connectivity index (χ0v) is 25.9. The first-order chi connectivity index (χ1) is 19.8. The van der Waals surface area contributed by atoms with Crippen molar-refractivity contribution >= 4 is 44.1 Å². The van der Waals surface area contributed by atoms with E-state index in [4.69, 9.17) is 29.9 Å². The third-order valence-corrected chi connectivity index (χ3v) is 7.46. The fraction of sp³-hybridized carbons (Fsp3) is 0. The summed E-state index contributed by atoms with van der Waals surface area (Å²) in [6.45, 7) is 0. The van der Waals surface area contributed by atoms with Gasteiger partial charge in [0.2, 0.25) is 0 Å². The maximum absolute atomic E-state index is 5.02. The maximum atomic E-state index is 5.02. The van der Waals surface area contributed by atoms with Crippen LogP contribution in [0.15, 0.2) is 97.1 Å². The van der Waals surface area contributed by atoms with Gasteiger partial charge in [0.1, 0.15) is 22.6 Å². The molecule has 0 aliphatic carbocycles. The average Bonchev–Trinajstić information content (AvgIpc) is 3.73. The summed E-state index contributed by atoms with van der Waals surface area (Å²) in [5, 5.41) is 3.82. The van der Waals surface area contributed by atoms with Gasteiger partial charge in [0.25, 0.3) is 0 Å². The molecule has 42 heavy (non-hydrogen) atoms. The molecule has 0 saturated carbocycles. The van der Waals surface area contributed by atoms with Gasteiger partial charge in [0.15, 0.2) is 23.3 Å². The van der Waals surface area contributed by atoms with E-state index in [0.29, 0.717) is 45.9 Å². The van der Waals surface area contributed by atoms with E-state index in [-0.39, 0.29) is 49.8 Å². The van der Waals surface area contributed by atoms with Gasteiger partial charge in [-0.05, 0) is 0 Å². The van der Waals surface area contributed by atoms with Crippen molar-refractivity contribution in [3.8, 4) is 45.6 Å². The van der Waals surface area contributed by atoms with E-state index in [2.05, 4.69) is 9.97 Å². The molecule has 10 heteroatoms. The number of H-pyrrole nitrogens is 2. The normalized spacial score (nSPS) is 11.4. The van der Waals surface area contributed by atoms with E-state index in [9.17, 15) is 0 Å². The van der Waals surface area contributed by atoms with Crippen molar-refractivity contribution in [3.05, 3.63) is 97.1 Å². The van der Waals surface area contributed by atoms with Gasteiger partial charge < -0.3 is 9.97 Å². The van der Waals surface area contributed by atoms with Crippen LogP contribution in [0.2, 0.25) is 0 Å². The number of nitrogens with zero attached hydrogens (tertiary/aromatic N) is 6. The Balaban J connectivity index is 0.00000144. The summed E-state index contributed by atoms with van der Waals surface area (Å²) in [6, 6.07) is 32.2. The molecule has 196 valence electrons. The Morgan fingerprint density at radius 1 is 0.333 bits per heavy atom. The van der Waals surface area contributed by atoms with Crippen molar-refractivity contribution in [2.75, 3.05) is 0 Å². The Morgan fingerprint density at radius 3 is 0.833 bits per heavy atom. The van der Waals surface area contributed by atoms with Gasteiger partial charge >= 0.3 is 0 Å². The summed E-state index contributed by atoms with van der Waals surface area (Å²) in [5.74, 6) is 2.39. The van der Waals surface area contributed by atoms with E-state index >= 15 is 0 Å². The number of fused-ring (bicyclic) bond motifs is 20. The van der Waals surface area contributed by atoms with Crippen molar-refractivity contribution < 1.29 is 49.8 Å². The van der Waals surface area contributed by atoms with E-state index < -0.39 is 0 Å². The quantitative estimate of drug-likeness (QED) is 0.172. The third kappa shape index (κ3) is 4.04. The molecule has 0 fully saturated rings. The summed E-state index contributed by atoms with van der Waals surface area (Å²) in [7, 11) is 0. The van der Waals surface area contributed by atoms with E-state index in [1.54, 1.807) is 0 Å². The minimum absolute atomic E-state index is 0. The van der Waals surface area contributed by atoms with Crippen molar-refractivity contribution in [1.82, 2.24) is 39.9 Å². The topological polar surface area (TPSA) is 109 Å². The molecular weight excluding hydrogens is 640 g/mol. The fourth-order valence-corrected chi connectivity index (χ4v) is 5.59. The minimum atomic E-state index is 0. The molecule has 2 N–H and O–H groups in total. The molecule has 0 unspecified atom stereocenters. The molecule has 7 aromatic rings. The molecule has 4 aromatic carbocycles. The zero-order valence-electron chi connectivity index (χ0n) is 21.9. The van der Waals surface area contributed by atoms with Crippen LogP contribution in [0.4, 0.5) is 0 Å². The number of benzene rings is 4. The predicted octanol–water partition coefficient (Wildman–Crippen LogP) is 6.86. The van der Waals surface area contributed by atoms with Crippen LogP contribution in [0.3, 0.4) is 0 Å². The number of aromatic amines is 2. The Bertz CT molecular complexity index is 2040.